The van der Waals surface area contributed by atoms with Crippen LogP contribution in [0, 0.1) is 12.7 Å². The predicted octanol–water partition coefficient (Wildman–Crippen LogP) is 1.04. The lowest BCUT2D eigenvalue weighted by Crippen LogP contribution is -2.41. The Hall–Kier alpha value is -1.67. The van der Waals surface area contributed by atoms with Gasteiger partial charge in [-0.25, -0.2) is 12.8 Å². The number of nitrogens with zero attached hydrogens (tertiary/aromatic N) is 1. The zero-order valence-electron chi connectivity index (χ0n) is 11.8. The van der Waals surface area contributed by atoms with Gasteiger partial charge < -0.3 is 10.5 Å². The number of carbonyl (C=O) groups is 1. The first-order valence-corrected chi connectivity index (χ1v) is 7.88. The highest BCUT2D eigenvalue weighted by molar-refractivity contribution is 7.89. The molecular formula is C13H17FN2O4S. The fourth-order valence-electron chi connectivity index (χ4n) is 2.45. The Labute approximate surface area is 122 Å². The molecule has 1 aromatic carbocycles. The van der Waals surface area contributed by atoms with Gasteiger partial charge in [-0.1, -0.05) is 0 Å². The van der Waals surface area contributed by atoms with Crippen LogP contribution in [0.3, 0.4) is 0 Å². The van der Waals surface area contributed by atoms with E-state index < -0.39 is 27.9 Å². The maximum atomic E-state index is 13.5. The number of hydrogen-bond donors (Lipinski definition) is 1. The molecule has 1 saturated heterocycles. The highest BCUT2D eigenvalue weighted by atomic mass is 32.2. The summed E-state index contributed by atoms with van der Waals surface area (Å²) < 4.78 is 44.5. The van der Waals surface area contributed by atoms with Crippen molar-refractivity contribution in [2.45, 2.75) is 30.7 Å². The summed E-state index contributed by atoms with van der Waals surface area (Å²) in [4.78, 5) is 11.6. The van der Waals surface area contributed by atoms with Crippen molar-refractivity contribution in [2.24, 2.45) is 0 Å². The van der Waals surface area contributed by atoms with Gasteiger partial charge in [0, 0.05) is 6.54 Å². The first-order chi connectivity index (χ1) is 9.78. The lowest BCUT2D eigenvalue weighted by atomic mass is 10.2. The van der Waals surface area contributed by atoms with E-state index in [0.717, 1.165) is 10.4 Å². The largest absolute Gasteiger partial charge is 0.468 e. The van der Waals surface area contributed by atoms with Crippen LogP contribution in [0.5, 0.6) is 0 Å². The molecule has 2 N–H and O–H groups in total. The molecule has 0 saturated carbocycles. The first kappa shape index (κ1) is 15.7. The minimum absolute atomic E-state index is 0.116. The van der Waals surface area contributed by atoms with E-state index in [4.69, 9.17) is 5.73 Å². The molecule has 2 rings (SSSR count). The average Bonchev–Trinajstić information content (AvgIpc) is 2.93. The van der Waals surface area contributed by atoms with E-state index in [1.807, 2.05) is 0 Å². The summed E-state index contributed by atoms with van der Waals surface area (Å²) in [6, 6.07) is 1.45. The fraction of sp³-hybridized carbons (Fsp3) is 0.462. The Morgan fingerprint density at radius 3 is 2.71 bits per heavy atom. The van der Waals surface area contributed by atoms with E-state index in [2.05, 4.69) is 4.74 Å². The smallest absolute Gasteiger partial charge is 0.324 e. The number of hydrogen-bond acceptors (Lipinski definition) is 5. The van der Waals surface area contributed by atoms with Crippen LogP contribution in [0.25, 0.3) is 0 Å². The van der Waals surface area contributed by atoms with Crippen LogP contribution < -0.4 is 5.73 Å². The number of aryl methyl sites for hydroxylation is 1. The Morgan fingerprint density at radius 1 is 1.48 bits per heavy atom. The van der Waals surface area contributed by atoms with E-state index in [1.54, 1.807) is 0 Å². The molecule has 0 spiro atoms. The summed E-state index contributed by atoms with van der Waals surface area (Å²) in [6.45, 7) is 1.66. The van der Waals surface area contributed by atoms with Crippen molar-refractivity contribution >= 4 is 21.7 Å². The third-order valence-electron chi connectivity index (χ3n) is 3.54. The van der Waals surface area contributed by atoms with Crippen LogP contribution in [0.1, 0.15) is 18.4 Å². The molecular weight excluding hydrogens is 299 g/mol. The number of anilines is 1. The molecule has 0 radical (unpaired) electrons. The first-order valence-electron chi connectivity index (χ1n) is 6.44. The lowest BCUT2D eigenvalue weighted by Gasteiger charge is -2.22. The number of rotatable bonds is 3. The summed E-state index contributed by atoms with van der Waals surface area (Å²) in [5.74, 6) is -1.23. The third-order valence-corrected chi connectivity index (χ3v) is 5.43. The van der Waals surface area contributed by atoms with Gasteiger partial charge in [0.1, 0.15) is 11.9 Å². The maximum absolute atomic E-state index is 13.5. The van der Waals surface area contributed by atoms with E-state index in [1.165, 1.54) is 20.1 Å². The van der Waals surface area contributed by atoms with Gasteiger partial charge >= 0.3 is 5.97 Å². The van der Waals surface area contributed by atoms with Crippen LogP contribution >= 0.6 is 0 Å². The van der Waals surface area contributed by atoms with Gasteiger partial charge in [-0.05, 0) is 37.5 Å². The van der Waals surface area contributed by atoms with Gasteiger partial charge in [0.15, 0.2) is 0 Å². The van der Waals surface area contributed by atoms with Gasteiger partial charge in [-0.2, -0.15) is 4.31 Å². The summed E-state index contributed by atoms with van der Waals surface area (Å²) in [6.07, 6.45) is 0.968. The topological polar surface area (TPSA) is 89.7 Å². The fourth-order valence-corrected chi connectivity index (χ4v) is 4.21. The van der Waals surface area contributed by atoms with Crippen LogP contribution in [-0.2, 0) is 19.6 Å². The zero-order chi connectivity index (χ0) is 15.8. The normalized spacial score (nSPS) is 19.7. The van der Waals surface area contributed by atoms with Crippen LogP contribution in [-0.4, -0.2) is 38.4 Å². The minimum atomic E-state index is -3.92. The molecule has 1 unspecified atom stereocenters. The maximum Gasteiger partial charge on any atom is 0.324 e. The summed E-state index contributed by atoms with van der Waals surface area (Å²) in [5.41, 5.74) is 5.40. The molecule has 0 bridgehead atoms. The number of carbonyl (C=O) groups excluding carboxylic acids is 1. The van der Waals surface area contributed by atoms with Crippen molar-refractivity contribution in [1.82, 2.24) is 4.31 Å². The SMILES string of the molecule is COC(=O)C1CCCN1S(=O)(=O)c1cc(C)c(F)c(N)c1. The number of ether oxygens (including phenoxy) is 1. The van der Waals surface area contributed by atoms with Crippen molar-refractivity contribution in [3.8, 4) is 0 Å². The van der Waals surface area contributed by atoms with Crippen molar-refractivity contribution in [3.05, 3.63) is 23.5 Å². The predicted molar refractivity (Wildman–Crippen MR) is 74.5 cm³/mol. The van der Waals surface area contributed by atoms with E-state index >= 15 is 0 Å². The molecule has 1 aliphatic heterocycles. The van der Waals surface area contributed by atoms with E-state index in [-0.39, 0.29) is 22.7 Å². The zero-order valence-corrected chi connectivity index (χ0v) is 12.6. The highest BCUT2D eigenvalue weighted by Gasteiger charge is 2.40. The van der Waals surface area contributed by atoms with E-state index in [9.17, 15) is 17.6 Å². The van der Waals surface area contributed by atoms with Crippen LogP contribution in [0.15, 0.2) is 17.0 Å². The summed E-state index contributed by atoms with van der Waals surface area (Å²) in [5, 5.41) is 0. The van der Waals surface area contributed by atoms with Crippen LogP contribution in [0.4, 0.5) is 10.1 Å². The average molecular weight is 316 g/mol. The second kappa shape index (κ2) is 5.61. The molecule has 1 aliphatic rings. The molecule has 6 nitrogen and oxygen atoms in total. The molecule has 1 heterocycles. The molecule has 0 aromatic heterocycles. The van der Waals surface area contributed by atoms with E-state index in [0.29, 0.717) is 12.8 Å². The number of nitrogens with two attached hydrogens (primary N) is 1. The Morgan fingerprint density at radius 2 is 2.14 bits per heavy atom. The number of esters is 1. The molecule has 0 aliphatic carbocycles. The second-order valence-electron chi connectivity index (χ2n) is 4.94. The molecule has 0 amide bonds. The van der Waals surface area contributed by atoms with Crippen molar-refractivity contribution in [1.29, 1.82) is 0 Å². The molecule has 1 aromatic rings. The second-order valence-corrected chi connectivity index (χ2v) is 6.83. The van der Waals surface area contributed by atoms with Gasteiger partial charge in [0.2, 0.25) is 10.0 Å². The Bertz CT molecular complexity index is 652. The number of benzene rings is 1. The van der Waals surface area contributed by atoms with Gasteiger partial charge in [-0.3, -0.25) is 4.79 Å². The molecule has 1 atom stereocenters. The quantitative estimate of drug-likeness (QED) is 0.665. The Kier molecular flexibility index (Phi) is 4.20. The molecule has 8 heteroatoms. The van der Waals surface area contributed by atoms with Crippen LogP contribution in [0.2, 0.25) is 0 Å². The summed E-state index contributed by atoms with van der Waals surface area (Å²) >= 11 is 0. The van der Waals surface area contributed by atoms with Crippen molar-refractivity contribution in [3.63, 3.8) is 0 Å². The number of methoxy groups -OCH3 is 1. The number of halogens is 1. The monoisotopic (exact) mass is 316 g/mol. The minimum Gasteiger partial charge on any atom is -0.468 e. The highest BCUT2D eigenvalue weighted by Crippen LogP contribution is 2.29. The van der Waals surface area contributed by atoms with Crippen molar-refractivity contribution in [2.75, 3.05) is 19.4 Å². The number of sulfonamides is 1. The summed E-state index contributed by atoms with van der Waals surface area (Å²) in [7, 11) is -2.71. The third kappa shape index (κ3) is 2.73. The lowest BCUT2D eigenvalue weighted by molar-refractivity contribution is -0.144. The standard InChI is InChI=1S/C13H17FN2O4S/c1-8-6-9(7-10(15)12(8)14)21(18,19)16-5-3-4-11(16)13(17)20-2/h6-7,11H,3-5,15H2,1-2H3. The Balaban J connectivity index is 2.45. The van der Waals surface area contributed by atoms with Gasteiger partial charge in [0.05, 0.1) is 17.7 Å². The molecule has 116 valence electrons. The molecule has 21 heavy (non-hydrogen) atoms. The van der Waals surface area contributed by atoms with Gasteiger partial charge in [-0.15, -0.1) is 0 Å². The molecule has 1 fully saturated rings. The number of nitrogen functional groups attached to an aromatic ring is 1. The van der Waals surface area contributed by atoms with Crippen molar-refractivity contribution < 1.29 is 22.3 Å². The van der Waals surface area contributed by atoms with Gasteiger partial charge in [0.25, 0.3) is 0 Å².